The number of nitrogens with zero attached hydrogens (tertiary/aromatic N) is 4. The van der Waals surface area contributed by atoms with Gasteiger partial charge in [-0.05, 0) is 26.2 Å². The highest BCUT2D eigenvalue weighted by molar-refractivity contribution is 5.78. The molecule has 2 aromatic rings. The van der Waals surface area contributed by atoms with Gasteiger partial charge in [-0.15, -0.1) is 0 Å². The second-order valence-electron chi connectivity index (χ2n) is 4.19. The average Bonchev–Trinajstić information content (AvgIpc) is 2.40. The Hall–Kier alpha value is -1.72. The summed E-state index contributed by atoms with van der Waals surface area (Å²) in [6.45, 7) is 1.76. The first kappa shape index (κ1) is 9.50. The van der Waals surface area contributed by atoms with Crippen LogP contribution >= 0.6 is 0 Å². The monoisotopic (exact) mass is 221 g/mol. The molecule has 0 spiro atoms. The lowest BCUT2D eigenvalue weighted by molar-refractivity contribution is 0.295. The van der Waals surface area contributed by atoms with E-state index in [0.29, 0.717) is 22.8 Å². The topological polar surface area (TPSA) is 69.6 Å². The summed E-state index contributed by atoms with van der Waals surface area (Å²) in [6, 6.07) is 0.338. The zero-order chi connectivity index (χ0) is 11.3. The number of hydrogen-bond donors (Lipinski definition) is 1. The summed E-state index contributed by atoms with van der Waals surface area (Å²) >= 11 is 0. The first-order valence-electron chi connectivity index (χ1n) is 5.34. The van der Waals surface area contributed by atoms with E-state index in [-0.39, 0.29) is 5.95 Å². The van der Waals surface area contributed by atoms with E-state index in [2.05, 4.69) is 15.1 Å². The van der Waals surface area contributed by atoms with Gasteiger partial charge in [0.2, 0.25) is 11.9 Å². The summed E-state index contributed by atoms with van der Waals surface area (Å²) in [5.41, 5.74) is 6.60. The quantitative estimate of drug-likeness (QED) is 0.742. The van der Waals surface area contributed by atoms with Gasteiger partial charge >= 0.3 is 0 Å². The third-order valence-electron chi connectivity index (χ3n) is 3.12. The van der Waals surface area contributed by atoms with Gasteiger partial charge in [0.05, 0.1) is 17.1 Å². The van der Waals surface area contributed by atoms with Gasteiger partial charge < -0.3 is 5.73 Å². The Morgan fingerprint density at radius 2 is 2.12 bits per heavy atom. The molecule has 2 N–H and O–H groups in total. The molecule has 0 bridgehead atoms. The van der Waals surface area contributed by atoms with Crippen LogP contribution in [-0.4, -0.2) is 19.7 Å². The highest BCUT2D eigenvalue weighted by Gasteiger charge is 2.25. The summed E-state index contributed by atoms with van der Waals surface area (Å²) < 4.78 is 15.4. The smallest absolute Gasteiger partial charge is 0.229 e. The van der Waals surface area contributed by atoms with Crippen molar-refractivity contribution in [3.05, 3.63) is 11.6 Å². The first-order chi connectivity index (χ1) is 7.66. The van der Waals surface area contributed by atoms with Gasteiger partial charge in [-0.25, -0.2) is 4.68 Å². The lowest BCUT2D eigenvalue weighted by atomic mass is 9.93. The highest BCUT2D eigenvalue weighted by atomic mass is 19.1. The van der Waals surface area contributed by atoms with Crippen LogP contribution in [0.25, 0.3) is 11.0 Å². The van der Waals surface area contributed by atoms with Gasteiger partial charge in [-0.1, -0.05) is 0 Å². The van der Waals surface area contributed by atoms with Gasteiger partial charge in [0.15, 0.2) is 5.65 Å². The number of rotatable bonds is 1. The van der Waals surface area contributed by atoms with E-state index in [0.717, 1.165) is 12.8 Å². The van der Waals surface area contributed by atoms with Gasteiger partial charge in [-0.2, -0.15) is 19.5 Å². The normalized spacial score (nSPS) is 16.6. The molecule has 3 rings (SSSR count). The minimum atomic E-state index is -0.578. The minimum absolute atomic E-state index is 0.0366. The summed E-state index contributed by atoms with van der Waals surface area (Å²) in [5, 5.41) is 4.72. The standard InChI is InChI=1S/C10H12FN5/c1-5-7-8(11)13-10(12)14-9(7)16(15-5)6-3-2-4-6/h6H,2-4H2,1H3,(H2,12,13,14). The Morgan fingerprint density at radius 1 is 1.38 bits per heavy atom. The van der Waals surface area contributed by atoms with Crippen molar-refractivity contribution >= 4 is 17.0 Å². The molecule has 0 radical (unpaired) electrons. The van der Waals surface area contributed by atoms with E-state index >= 15 is 0 Å². The maximum atomic E-state index is 13.6. The van der Waals surface area contributed by atoms with Gasteiger partial charge in [-0.3, -0.25) is 0 Å². The maximum absolute atomic E-state index is 13.6. The van der Waals surface area contributed by atoms with Crippen molar-refractivity contribution in [1.29, 1.82) is 0 Å². The van der Waals surface area contributed by atoms with Crippen molar-refractivity contribution in [3.8, 4) is 0 Å². The fraction of sp³-hybridized carbons (Fsp3) is 0.500. The number of aryl methyl sites for hydroxylation is 1. The molecule has 1 saturated carbocycles. The van der Waals surface area contributed by atoms with E-state index in [1.807, 2.05) is 0 Å². The Morgan fingerprint density at radius 3 is 2.75 bits per heavy atom. The summed E-state index contributed by atoms with van der Waals surface area (Å²) in [6.07, 6.45) is 3.33. The van der Waals surface area contributed by atoms with E-state index in [9.17, 15) is 4.39 Å². The van der Waals surface area contributed by atoms with Crippen LogP contribution in [0.1, 0.15) is 31.0 Å². The van der Waals surface area contributed by atoms with Crippen LogP contribution in [0, 0.1) is 12.9 Å². The van der Waals surface area contributed by atoms with Crippen molar-refractivity contribution in [2.75, 3.05) is 5.73 Å². The number of nitrogen functional groups attached to an aromatic ring is 1. The number of fused-ring (bicyclic) bond motifs is 1. The number of hydrogen-bond acceptors (Lipinski definition) is 4. The van der Waals surface area contributed by atoms with Crippen molar-refractivity contribution in [2.45, 2.75) is 32.2 Å². The largest absolute Gasteiger partial charge is 0.368 e. The van der Waals surface area contributed by atoms with Gasteiger partial charge in [0, 0.05) is 0 Å². The van der Waals surface area contributed by atoms with Crippen molar-refractivity contribution in [3.63, 3.8) is 0 Å². The Labute approximate surface area is 91.5 Å². The predicted octanol–water partition coefficient (Wildman–Crippen LogP) is 1.58. The first-order valence-corrected chi connectivity index (χ1v) is 5.34. The summed E-state index contributed by atoms with van der Waals surface area (Å²) in [7, 11) is 0. The molecule has 0 aliphatic heterocycles. The lowest BCUT2D eigenvalue weighted by Gasteiger charge is -2.25. The molecular weight excluding hydrogens is 209 g/mol. The Kier molecular flexibility index (Phi) is 1.86. The minimum Gasteiger partial charge on any atom is -0.368 e. The van der Waals surface area contributed by atoms with Crippen LogP contribution in [0.2, 0.25) is 0 Å². The molecule has 0 saturated heterocycles. The second-order valence-corrected chi connectivity index (χ2v) is 4.19. The molecule has 1 fully saturated rings. The molecule has 1 aliphatic carbocycles. The van der Waals surface area contributed by atoms with Crippen LogP contribution in [-0.2, 0) is 0 Å². The van der Waals surface area contributed by atoms with Gasteiger partial charge in [0.25, 0.3) is 0 Å². The van der Waals surface area contributed by atoms with E-state index < -0.39 is 5.95 Å². The molecule has 0 unspecified atom stereocenters. The molecule has 6 heteroatoms. The summed E-state index contributed by atoms with van der Waals surface area (Å²) in [4.78, 5) is 7.61. The molecule has 5 nitrogen and oxygen atoms in total. The van der Waals surface area contributed by atoms with Gasteiger partial charge in [0.1, 0.15) is 0 Å². The van der Waals surface area contributed by atoms with Crippen LogP contribution < -0.4 is 5.73 Å². The molecule has 0 atom stereocenters. The summed E-state index contributed by atoms with van der Waals surface area (Å²) in [5.74, 6) is -0.615. The molecule has 2 aromatic heterocycles. The fourth-order valence-electron chi connectivity index (χ4n) is 2.06. The van der Waals surface area contributed by atoms with Crippen LogP contribution in [0.4, 0.5) is 10.3 Å². The van der Waals surface area contributed by atoms with Crippen molar-refractivity contribution in [2.24, 2.45) is 0 Å². The Balaban J connectivity index is 2.29. The SMILES string of the molecule is Cc1nn(C2CCC2)c2nc(N)nc(F)c12. The molecule has 0 amide bonds. The van der Waals surface area contributed by atoms with Crippen molar-refractivity contribution in [1.82, 2.24) is 19.7 Å². The third kappa shape index (κ3) is 1.19. The lowest BCUT2D eigenvalue weighted by Crippen LogP contribution is -2.18. The number of nitrogens with two attached hydrogens (primary N) is 1. The zero-order valence-corrected chi connectivity index (χ0v) is 8.94. The van der Waals surface area contributed by atoms with E-state index in [1.54, 1.807) is 11.6 Å². The maximum Gasteiger partial charge on any atom is 0.229 e. The predicted molar refractivity (Wildman–Crippen MR) is 57.3 cm³/mol. The fourth-order valence-corrected chi connectivity index (χ4v) is 2.06. The average molecular weight is 221 g/mol. The van der Waals surface area contributed by atoms with Crippen LogP contribution in [0.15, 0.2) is 0 Å². The Bertz CT molecular complexity index is 558. The molecule has 0 aromatic carbocycles. The third-order valence-corrected chi connectivity index (χ3v) is 3.12. The number of anilines is 1. The molecular formula is C10H12FN5. The number of aromatic nitrogens is 4. The second kappa shape index (κ2) is 3.13. The molecule has 1 aliphatic rings. The van der Waals surface area contributed by atoms with E-state index in [1.165, 1.54) is 6.42 Å². The zero-order valence-electron chi connectivity index (χ0n) is 8.94. The molecule has 2 heterocycles. The van der Waals surface area contributed by atoms with E-state index in [4.69, 9.17) is 5.73 Å². The van der Waals surface area contributed by atoms with Crippen molar-refractivity contribution < 1.29 is 4.39 Å². The number of halogens is 1. The molecule has 84 valence electrons. The highest BCUT2D eigenvalue weighted by Crippen LogP contribution is 2.34. The van der Waals surface area contributed by atoms with Crippen LogP contribution in [0.3, 0.4) is 0 Å². The molecule has 16 heavy (non-hydrogen) atoms. The van der Waals surface area contributed by atoms with Crippen LogP contribution in [0.5, 0.6) is 0 Å².